The smallest absolute Gasteiger partial charge is 0.277 e. The largest absolute Gasteiger partial charge is 0.279 e. The second-order valence-electron chi connectivity index (χ2n) is 5.31. The first-order valence-electron chi connectivity index (χ1n) is 7.00. The maximum Gasteiger partial charge on any atom is 0.279 e. The number of nitrogens with zero attached hydrogens (tertiary/aromatic N) is 2. The predicted molar refractivity (Wildman–Crippen MR) is 81.2 cm³/mol. The lowest BCUT2D eigenvalue weighted by molar-refractivity contribution is -0.125. The third-order valence-corrected chi connectivity index (χ3v) is 4.23. The molecule has 2 amide bonds. The summed E-state index contributed by atoms with van der Waals surface area (Å²) in [4.78, 5) is 29.9. The van der Waals surface area contributed by atoms with Crippen LogP contribution in [0.15, 0.2) is 30.3 Å². The van der Waals surface area contributed by atoms with Crippen LogP contribution < -0.4 is 0 Å². The summed E-state index contributed by atoms with van der Waals surface area (Å²) in [6, 6.07) is 9.16. The van der Waals surface area contributed by atoms with Crippen molar-refractivity contribution in [2.24, 2.45) is 5.92 Å². The highest BCUT2D eigenvalue weighted by Crippen LogP contribution is 2.25. The summed E-state index contributed by atoms with van der Waals surface area (Å²) < 4.78 is 0. The van der Waals surface area contributed by atoms with Gasteiger partial charge in [-0.3, -0.25) is 14.5 Å². The first-order chi connectivity index (χ1) is 10.1. The minimum absolute atomic E-state index is 0.127. The van der Waals surface area contributed by atoms with Gasteiger partial charge in [0.15, 0.2) is 0 Å². The molecule has 1 atom stereocenters. The molecule has 1 aromatic carbocycles. The number of hydrogen-bond acceptors (Lipinski definition) is 3. The fraction of sp³-hybridized carbons (Fsp3) is 0.312. The highest BCUT2D eigenvalue weighted by Gasteiger charge is 2.34. The van der Waals surface area contributed by atoms with E-state index < -0.39 is 0 Å². The number of aromatic nitrogens is 1. The van der Waals surface area contributed by atoms with Crippen molar-refractivity contribution in [3.8, 4) is 0 Å². The average molecular weight is 303 g/mol. The molecule has 1 unspecified atom stereocenters. The number of hydrogen-bond donors (Lipinski definition) is 0. The first-order valence-corrected chi connectivity index (χ1v) is 7.38. The minimum atomic E-state index is -0.358. The van der Waals surface area contributed by atoms with Gasteiger partial charge in [0.2, 0.25) is 5.91 Å². The van der Waals surface area contributed by atoms with Gasteiger partial charge in [0, 0.05) is 18.4 Å². The molecule has 4 nitrogen and oxygen atoms in total. The summed E-state index contributed by atoms with van der Waals surface area (Å²) in [6.45, 7) is 2.50. The Bertz CT molecular complexity index is 729. The second kappa shape index (κ2) is 5.45. The highest BCUT2D eigenvalue weighted by atomic mass is 35.5. The van der Waals surface area contributed by atoms with Gasteiger partial charge in [-0.1, -0.05) is 49.2 Å². The van der Waals surface area contributed by atoms with Gasteiger partial charge in [-0.25, -0.2) is 4.98 Å². The quantitative estimate of drug-likeness (QED) is 0.632. The molecule has 2 aromatic rings. The number of imide groups is 1. The van der Waals surface area contributed by atoms with Gasteiger partial charge in [-0.05, 0) is 17.4 Å². The van der Waals surface area contributed by atoms with Gasteiger partial charge in [0.1, 0.15) is 10.8 Å². The van der Waals surface area contributed by atoms with Crippen molar-refractivity contribution in [1.29, 1.82) is 0 Å². The molecule has 0 N–H and O–H groups in total. The Hall–Kier alpha value is -1.94. The molecule has 0 radical (unpaired) electrons. The average Bonchev–Trinajstić information content (AvgIpc) is 2.87. The maximum atomic E-state index is 12.5. The molecule has 0 saturated carbocycles. The van der Waals surface area contributed by atoms with E-state index in [0.29, 0.717) is 13.0 Å². The predicted octanol–water partition coefficient (Wildman–Crippen LogP) is 3.29. The van der Waals surface area contributed by atoms with E-state index in [9.17, 15) is 9.59 Å². The van der Waals surface area contributed by atoms with Crippen molar-refractivity contribution in [2.45, 2.75) is 19.8 Å². The van der Waals surface area contributed by atoms with E-state index in [2.05, 4.69) is 4.98 Å². The lowest BCUT2D eigenvalue weighted by Gasteiger charge is -2.14. The highest BCUT2D eigenvalue weighted by molar-refractivity contribution is 6.34. The Morgan fingerprint density at radius 2 is 2.19 bits per heavy atom. The number of amides is 2. The molecule has 21 heavy (non-hydrogen) atoms. The topological polar surface area (TPSA) is 50.3 Å². The number of fused-ring (bicyclic) bond motifs is 1. The van der Waals surface area contributed by atoms with Gasteiger partial charge in [-0.2, -0.15) is 0 Å². The summed E-state index contributed by atoms with van der Waals surface area (Å²) in [7, 11) is 0. The lowest BCUT2D eigenvalue weighted by atomic mass is 10.1. The molecule has 1 fully saturated rings. The zero-order valence-corrected chi connectivity index (χ0v) is 12.4. The third kappa shape index (κ3) is 2.51. The van der Waals surface area contributed by atoms with E-state index in [1.165, 1.54) is 4.90 Å². The van der Waals surface area contributed by atoms with Crippen LogP contribution in [0.2, 0.25) is 5.15 Å². The van der Waals surface area contributed by atoms with Gasteiger partial charge in [0.25, 0.3) is 5.91 Å². The summed E-state index contributed by atoms with van der Waals surface area (Å²) in [5, 5.41) is 1.93. The number of benzene rings is 1. The van der Waals surface area contributed by atoms with Crippen LogP contribution >= 0.6 is 11.6 Å². The molecule has 0 aliphatic carbocycles. The normalized spacial score (nSPS) is 18.5. The summed E-state index contributed by atoms with van der Waals surface area (Å²) in [5.74, 6) is -0.237. The zero-order valence-electron chi connectivity index (χ0n) is 11.7. The minimum Gasteiger partial charge on any atom is -0.277 e. The molecule has 0 bridgehead atoms. The van der Waals surface area contributed by atoms with Crippen molar-refractivity contribution in [3.63, 3.8) is 0 Å². The van der Waals surface area contributed by atoms with Gasteiger partial charge < -0.3 is 0 Å². The van der Waals surface area contributed by atoms with E-state index in [4.69, 9.17) is 11.6 Å². The van der Waals surface area contributed by atoms with E-state index in [1.54, 1.807) is 6.07 Å². The molecule has 5 heteroatoms. The monoisotopic (exact) mass is 302 g/mol. The Kier molecular flexibility index (Phi) is 3.64. The summed E-state index contributed by atoms with van der Waals surface area (Å²) in [5.41, 5.74) is 0.226. The van der Waals surface area contributed by atoms with Crippen LogP contribution in [0.25, 0.3) is 10.8 Å². The standard InChI is InChI=1S/C16H15ClN2O2/c1-2-10-7-14(20)19(9-10)16(21)13-8-11-5-3-4-6-12(11)15(17)18-13/h3-6,8,10H,2,7,9H2,1H3. The lowest BCUT2D eigenvalue weighted by Crippen LogP contribution is -2.33. The molecule has 1 saturated heterocycles. The Morgan fingerprint density at radius 3 is 2.90 bits per heavy atom. The van der Waals surface area contributed by atoms with Gasteiger partial charge in [-0.15, -0.1) is 0 Å². The molecule has 0 spiro atoms. The molecule has 108 valence electrons. The zero-order chi connectivity index (χ0) is 15.0. The van der Waals surface area contributed by atoms with Crippen LogP contribution in [0.3, 0.4) is 0 Å². The fourth-order valence-electron chi connectivity index (χ4n) is 2.66. The molecule has 2 heterocycles. The van der Waals surface area contributed by atoms with Gasteiger partial charge in [0.05, 0.1) is 0 Å². The summed E-state index contributed by atoms with van der Waals surface area (Å²) >= 11 is 6.14. The van der Waals surface area contributed by atoms with Crippen LogP contribution in [0.4, 0.5) is 0 Å². The Labute approximate surface area is 127 Å². The number of halogens is 1. The van der Waals surface area contributed by atoms with Crippen LogP contribution in [0.1, 0.15) is 30.3 Å². The molecular formula is C16H15ClN2O2. The number of likely N-dealkylation sites (tertiary alicyclic amines) is 1. The van der Waals surface area contributed by atoms with Crippen LogP contribution in [0.5, 0.6) is 0 Å². The van der Waals surface area contributed by atoms with Crippen molar-refractivity contribution in [1.82, 2.24) is 9.88 Å². The summed E-state index contributed by atoms with van der Waals surface area (Å²) in [6.07, 6.45) is 1.32. The number of carbonyl (C=O) groups excluding carboxylic acids is 2. The molecule has 1 aliphatic rings. The van der Waals surface area contributed by atoms with Crippen molar-refractivity contribution in [2.75, 3.05) is 6.54 Å². The maximum absolute atomic E-state index is 12.5. The number of carbonyl (C=O) groups is 2. The molecule has 1 aromatic heterocycles. The number of rotatable bonds is 2. The second-order valence-corrected chi connectivity index (χ2v) is 5.67. The van der Waals surface area contributed by atoms with Crippen molar-refractivity contribution >= 4 is 34.2 Å². The van der Waals surface area contributed by atoms with Crippen LogP contribution in [-0.2, 0) is 4.79 Å². The SMILES string of the molecule is CCC1CC(=O)N(C(=O)c2cc3ccccc3c(Cl)n2)C1. The Morgan fingerprint density at radius 1 is 1.43 bits per heavy atom. The molecule has 3 rings (SSSR count). The number of pyridine rings is 1. The van der Waals surface area contributed by atoms with Gasteiger partial charge >= 0.3 is 0 Å². The molecular weight excluding hydrogens is 288 g/mol. The van der Waals surface area contributed by atoms with Crippen molar-refractivity contribution < 1.29 is 9.59 Å². The molecule has 1 aliphatic heterocycles. The van der Waals surface area contributed by atoms with Crippen LogP contribution in [-0.4, -0.2) is 28.2 Å². The first kappa shape index (κ1) is 14.0. The third-order valence-electron chi connectivity index (χ3n) is 3.94. The van der Waals surface area contributed by atoms with E-state index in [0.717, 1.165) is 17.2 Å². The fourth-order valence-corrected chi connectivity index (χ4v) is 2.92. The Balaban J connectivity index is 1.97. The van der Waals surface area contributed by atoms with Crippen LogP contribution in [0, 0.1) is 5.92 Å². The van der Waals surface area contributed by atoms with E-state index in [-0.39, 0.29) is 28.6 Å². The van der Waals surface area contributed by atoms with Crippen molar-refractivity contribution in [3.05, 3.63) is 41.2 Å². The van der Waals surface area contributed by atoms with E-state index in [1.807, 2.05) is 31.2 Å². The van der Waals surface area contributed by atoms with E-state index >= 15 is 0 Å².